The molecular weight excluding hydrogens is 276 g/mol. The Morgan fingerprint density at radius 1 is 1.42 bits per heavy atom. The third-order valence-electron chi connectivity index (χ3n) is 2.47. The molecular formula is C12H13F2NO3S. The van der Waals surface area contributed by atoms with Crippen LogP contribution < -0.4 is 5.32 Å². The average Bonchev–Trinajstić information content (AvgIpc) is 2.32. The lowest BCUT2D eigenvalue weighted by atomic mass is 10.3. The van der Waals surface area contributed by atoms with Crippen LogP contribution in [0, 0.1) is 11.6 Å². The molecule has 1 aromatic carbocycles. The quantitative estimate of drug-likeness (QED) is 0.842. The van der Waals surface area contributed by atoms with Gasteiger partial charge in [0.2, 0.25) is 5.91 Å². The maximum Gasteiger partial charge on any atom is 0.242 e. The monoisotopic (exact) mass is 289 g/mol. The van der Waals surface area contributed by atoms with Gasteiger partial charge >= 0.3 is 0 Å². The molecule has 19 heavy (non-hydrogen) atoms. The maximum atomic E-state index is 13.3. The third kappa shape index (κ3) is 3.60. The Kier molecular flexibility index (Phi) is 4.77. The first-order chi connectivity index (χ1) is 8.79. The molecule has 0 aliphatic rings. The molecule has 1 atom stereocenters. The van der Waals surface area contributed by atoms with Gasteiger partial charge in [-0.25, -0.2) is 17.2 Å². The molecule has 0 saturated carbocycles. The zero-order valence-electron chi connectivity index (χ0n) is 10.2. The highest BCUT2D eigenvalue weighted by Gasteiger charge is 2.27. The van der Waals surface area contributed by atoms with Gasteiger partial charge in [0.25, 0.3) is 0 Å². The number of carbonyl (C=O) groups is 1. The molecule has 0 heterocycles. The van der Waals surface area contributed by atoms with Crippen LogP contribution in [0.5, 0.6) is 0 Å². The van der Waals surface area contributed by atoms with Gasteiger partial charge in [0.1, 0.15) is 22.6 Å². The van der Waals surface area contributed by atoms with E-state index in [-0.39, 0.29) is 5.75 Å². The lowest BCUT2D eigenvalue weighted by Gasteiger charge is -2.13. The van der Waals surface area contributed by atoms with E-state index in [1.807, 2.05) is 5.32 Å². The van der Waals surface area contributed by atoms with Crippen molar-refractivity contribution in [2.24, 2.45) is 0 Å². The van der Waals surface area contributed by atoms with Crippen molar-refractivity contribution in [1.29, 1.82) is 0 Å². The summed E-state index contributed by atoms with van der Waals surface area (Å²) in [6.07, 6.45) is 1.14. The van der Waals surface area contributed by atoms with E-state index in [4.69, 9.17) is 0 Å². The van der Waals surface area contributed by atoms with Gasteiger partial charge in [-0.3, -0.25) is 4.79 Å². The molecule has 0 fully saturated rings. The first-order valence-corrected chi connectivity index (χ1v) is 7.08. The molecule has 1 N–H and O–H groups in total. The molecule has 0 aliphatic carbocycles. The Hall–Kier alpha value is -1.76. The number of anilines is 1. The molecule has 1 amide bonds. The first-order valence-electron chi connectivity index (χ1n) is 5.37. The summed E-state index contributed by atoms with van der Waals surface area (Å²) in [6.45, 7) is 4.41. The van der Waals surface area contributed by atoms with Crippen molar-refractivity contribution in [3.05, 3.63) is 42.5 Å². The number of rotatable bonds is 5. The van der Waals surface area contributed by atoms with Crippen molar-refractivity contribution < 1.29 is 22.0 Å². The van der Waals surface area contributed by atoms with Gasteiger partial charge in [-0.2, -0.15) is 0 Å². The second-order valence-electron chi connectivity index (χ2n) is 3.85. The van der Waals surface area contributed by atoms with Crippen molar-refractivity contribution in [3.8, 4) is 0 Å². The molecule has 0 aliphatic heterocycles. The number of hydrogen-bond acceptors (Lipinski definition) is 3. The van der Waals surface area contributed by atoms with E-state index in [9.17, 15) is 22.0 Å². The van der Waals surface area contributed by atoms with Crippen LogP contribution in [0.2, 0.25) is 0 Å². The van der Waals surface area contributed by atoms with Gasteiger partial charge in [-0.05, 0) is 19.1 Å². The van der Waals surface area contributed by atoms with Crippen LogP contribution in [0.15, 0.2) is 30.9 Å². The highest BCUT2D eigenvalue weighted by Crippen LogP contribution is 2.19. The fourth-order valence-electron chi connectivity index (χ4n) is 1.31. The van der Waals surface area contributed by atoms with E-state index in [1.165, 1.54) is 0 Å². The van der Waals surface area contributed by atoms with E-state index in [1.54, 1.807) is 0 Å². The van der Waals surface area contributed by atoms with Gasteiger partial charge in [0, 0.05) is 0 Å². The summed E-state index contributed by atoms with van der Waals surface area (Å²) in [4.78, 5) is 11.7. The molecule has 0 saturated heterocycles. The van der Waals surface area contributed by atoms with Crippen molar-refractivity contribution in [3.63, 3.8) is 0 Å². The van der Waals surface area contributed by atoms with E-state index in [2.05, 4.69) is 6.58 Å². The Bertz CT molecular complexity index is 579. The molecule has 1 unspecified atom stereocenters. The molecule has 0 aromatic heterocycles. The Balaban J connectivity index is 2.95. The van der Waals surface area contributed by atoms with Crippen LogP contribution in [0.3, 0.4) is 0 Å². The number of benzene rings is 1. The second-order valence-corrected chi connectivity index (χ2v) is 6.21. The van der Waals surface area contributed by atoms with Gasteiger partial charge in [-0.1, -0.05) is 12.1 Å². The highest BCUT2D eigenvalue weighted by molar-refractivity contribution is 7.92. The maximum absolute atomic E-state index is 13.3. The number of amides is 1. The highest BCUT2D eigenvalue weighted by atomic mass is 32.2. The van der Waals surface area contributed by atoms with E-state index < -0.39 is 38.3 Å². The topological polar surface area (TPSA) is 63.2 Å². The Morgan fingerprint density at radius 3 is 2.42 bits per heavy atom. The van der Waals surface area contributed by atoms with Crippen LogP contribution in [0.25, 0.3) is 0 Å². The summed E-state index contributed by atoms with van der Waals surface area (Å²) in [5.74, 6) is -3.32. The minimum atomic E-state index is -3.73. The number of halogens is 2. The summed E-state index contributed by atoms with van der Waals surface area (Å²) in [5, 5.41) is 0.514. The van der Waals surface area contributed by atoms with E-state index in [0.29, 0.717) is 0 Å². The number of carbonyl (C=O) groups excluding carboxylic acids is 1. The summed E-state index contributed by atoms with van der Waals surface area (Å²) in [5.41, 5.74) is -0.659. The number of hydrogen-bond donors (Lipinski definition) is 1. The van der Waals surface area contributed by atoms with Crippen LogP contribution >= 0.6 is 0 Å². The SMILES string of the molecule is C=CCS(=O)(=O)C(C)C(=O)Nc1c(F)cccc1F. The first kappa shape index (κ1) is 15.3. The molecule has 7 heteroatoms. The standard InChI is InChI=1S/C12H13F2NO3S/c1-3-7-19(17,18)8(2)12(16)15-11-9(13)5-4-6-10(11)14/h3-6,8H,1,7H2,2H3,(H,15,16). The molecule has 0 bridgehead atoms. The number of sulfone groups is 1. The van der Waals surface area contributed by atoms with Crippen molar-refractivity contribution in [1.82, 2.24) is 0 Å². The molecule has 1 aromatic rings. The minimum absolute atomic E-state index is 0.388. The van der Waals surface area contributed by atoms with E-state index in [0.717, 1.165) is 31.2 Å². The zero-order chi connectivity index (χ0) is 14.6. The third-order valence-corrected chi connectivity index (χ3v) is 4.46. The van der Waals surface area contributed by atoms with Crippen LogP contribution in [-0.2, 0) is 14.6 Å². The van der Waals surface area contributed by atoms with Crippen molar-refractivity contribution >= 4 is 21.4 Å². The zero-order valence-corrected chi connectivity index (χ0v) is 11.0. The lowest BCUT2D eigenvalue weighted by Crippen LogP contribution is -2.34. The molecule has 1 rings (SSSR count). The van der Waals surface area contributed by atoms with Gasteiger partial charge in [0.15, 0.2) is 9.84 Å². The smallest absolute Gasteiger partial charge is 0.242 e. The van der Waals surface area contributed by atoms with Crippen LogP contribution in [0.4, 0.5) is 14.5 Å². The fraction of sp³-hybridized carbons (Fsp3) is 0.250. The largest absolute Gasteiger partial charge is 0.320 e. The average molecular weight is 289 g/mol. The lowest BCUT2D eigenvalue weighted by molar-refractivity contribution is -0.115. The number of nitrogens with one attached hydrogen (secondary N) is 1. The van der Waals surface area contributed by atoms with Crippen LogP contribution in [-0.4, -0.2) is 25.3 Å². The van der Waals surface area contributed by atoms with Gasteiger partial charge in [0.05, 0.1) is 5.75 Å². The van der Waals surface area contributed by atoms with Gasteiger partial charge in [-0.15, -0.1) is 6.58 Å². The summed E-state index contributed by atoms with van der Waals surface area (Å²) in [7, 11) is -3.73. The van der Waals surface area contributed by atoms with Crippen molar-refractivity contribution in [2.45, 2.75) is 12.2 Å². The molecule has 0 radical (unpaired) electrons. The predicted molar refractivity (Wildman–Crippen MR) is 68.4 cm³/mol. The number of para-hydroxylation sites is 1. The minimum Gasteiger partial charge on any atom is -0.320 e. The summed E-state index contributed by atoms with van der Waals surface area (Å²) < 4.78 is 49.8. The molecule has 104 valence electrons. The predicted octanol–water partition coefficient (Wildman–Crippen LogP) is 1.89. The second kappa shape index (κ2) is 5.92. The van der Waals surface area contributed by atoms with Crippen molar-refractivity contribution in [2.75, 3.05) is 11.1 Å². The molecule has 0 spiro atoms. The normalized spacial score (nSPS) is 12.8. The van der Waals surface area contributed by atoms with E-state index >= 15 is 0 Å². The van der Waals surface area contributed by atoms with Gasteiger partial charge < -0.3 is 5.32 Å². The fourth-order valence-corrected chi connectivity index (χ4v) is 2.32. The molecule has 4 nitrogen and oxygen atoms in total. The summed E-state index contributed by atoms with van der Waals surface area (Å²) in [6, 6.07) is 3.06. The summed E-state index contributed by atoms with van der Waals surface area (Å²) >= 11 is 0. The van der Waals surface area contributed by atoms with Crippen LogP contribution in [0.1, 0.15) is 6.92 Å². The Labute approximate surface area is 110 Å². The Morgan fingerprint density at radius 2 is 1.95 bits per heavy atom.